The van der Waals surface area contributed by atoms with Gasteiger partial charge in [0.1, 0.15) is 0 Å². The van der Waals surface area contributed by atoms with Crippen LogP contribution in [0.1, 0.15) is 49.6 Å². The molecule has 0 saturated carbocycles. The number of piperidine rings is 1. The molecular weight excluding hydrogens is 310 g/mol. The first-order valence-electron chi connectivity index (χ1n) is 8.73. The fourth-order valence-electron chi connectivity index (χ4n) is 3.73. The Bertz CT molecular complexity index is 547. The van der Waals surface area contributed by atoms with Crippen LogP contribution < -0.4 is 5.32 Å². The molecule has 1 aromatic heterocycles. The van der Waals surface area contributed by atoms with Crippen LogP contribution >= 0.6 is 11.3 Å². The maximum atomic E-state index is 12.3. The summed E-state index contributed by atoms with van der Waals surface area (Å²) < 4.78 is 6.09. The molecule has 1 unspecified atom stereocenters. The first-order chi connectivity index (χ1) is 11.1. The highest BCUT2D eigenvalue weighted by Gasteiger charge is 2.38. The second-order valence-electron chi connectivity index (χ2n) is 6.73. The second-order valence-corrected chi connectivity index (χ2v) is 7.93. The van der Waals surface area contributed by atoms with E-state index < -0.39 is 0 Å². The predicted octanol–water partition coefficient (Wildman–Crippen LogP) is 2.99. The zero-order valence-electron chi connectivity index (χ0n) is 14.2. The lowest BCUT2D eigenvalue weighted by Gasteiger charge is -2.44. The van der Waals surface area contributed by atoms with E-state index in [2.05, 4.69) is 29.0 Å². The van der Waals surface area contributed by atoms with E-state index in [1.807, 2.05) is 0 Å². The number of rotatable bonds is 4. The van der Waals surface area contributed by atoms with Crippen LogP contribution in [0.2, 0.25) is 0 Å². The zero-order chi connectivity index (χ0) is 16.3. The minimum atomic E-state index is 0.00390. The normalized spacial score (nSPS) is 25.7. The number of anilines is 1. The fourth-order valence-corrected chi connectivity index (χ4v) is 4.65. The molecule has 1 N–H and O–H groups in total. The van der Waals surface area contributed by atoms with Crippen LogP contribution in [0.5, 0.6) is 0 Å². The van der Waals surface area contributed by atoms with Crippen LogP contribution in [0, 0.1) is 6.92 Å². The number of aromatic nitrogens is 1. The van der Waals surface area contributed by atoms with Crippen LogP contribution in [-0.4, -0.2) is 47.6 Å². The number of nitrogens with zero attached hydrogens (tertiary/aromatic N) is 2. The second kappa shape index (κ2) is 7.28. The number of hydrogen-bond donors (Lipinski definition) is 1. The Kier molecular flexibility index (Phi) is 5.34. The lowest BCUT2D eigenvalue weighted by atomic mass is 9.86. The van der Waals surface area contributed by atoms with Crippen molar-refractivity contribution in [3.05, 3.63) is 10.6 Å². The molecule has 0 bridgehead atoms. The van der Waals surface area contributed by atoms with Gasteiger partial charge < -0.3 is 10.1 Å². The minimum Gasteiger partial charge on any atom is -0.374 e. The third-order valence-electron chi connectivity index (χ3n) is 4.89. The zero-order valence-corrected chi connectivity index (χ0v) is 15.0. The summed E-state index contributed by atoms with van der Waals surface area (Å²) in [4.78, 5) is 20.3. The summed E-state index contributed by atoms with van der Waals surface area (Å²) in [5, 5.41) is 3.69. The van der Waals surface area contributed by atoms with Gasteiger partial charge in [0.25, 0.3) is 0 Å². The summed E-state index contributed by atoms with van der Waals surface area (Å²) in [7, 11) is 0. The van der Waals surface area contributed by atoms with Crippen molar-refractivity contribution in [1.82, 2.24) is 9.88 Å². The first-order valence-corrected chi connectivity index (χ1v) is 9.54. The minimum absolute atomic E-state index is 0.00390. The average Bonchev–Trinajstić information content (AvgIpc) is 2.87. The van der Waals surface area contributed by atoms with Crippen molar-refractivity contribution in [2.24, 2.45) is 0 Å². The first kappa shape index (κ1) is 16.9. The Balaban J connectivity index is 1.54. The van der Waals surface area contributed by atoms with Gasteiger partial charge in [-0.3, -0.25) is 9.69 Å². The molecule has 3 heterocycles. The topological polar surface area (TPSA) is 54.5 Å². The summed E-state index contributed by atoms with van der Waals surface area (Å²) in [5.74, 6) is 0.0364. The molecule has 2 saturated heterocycles. The molecule has 1 aromatic rings. The molecule has 0 aliphatic carbocycles. The van der Waals surface area contributed by atoms with Gasteiger partial charge in [-0.2, -0.15) is 0 Å². The molecule has 1 spiro atoms. The van der Waals surface area contributed by atoms with E-state index in [1.54, 1.807) is 11.3 Å². The maximum Gasteiger partial charge on any atom is 0.240 e. The SMILES string of the molecule is CCc1nc(NC(=O)CN2CCCC3(CCCCO3)C2)sc1C. The quantitative estimate of drug-likeness (QED) is 0.918. The summed E-state index contributed by atoms with van der Waals surface area (Å²) in [5.41, 5.74) is 1.09. The molecule has 2 fully saturated rings. The van der Waals surface area contributed by atoms with Gasteiger partial charge in [0.15, 0.2) is 5.13 Å². The van der Waals surface area contributed by atoms with Gasteiger partial charge in [-0.15, -0.1) is 11.3 Å². The van der Waals surface area contributed by atoms with Gasteiger partial charge in [0.05, 0.1) is 17.8 Å². The van der Waals surface area contributed by atoms with E-state index in [0.717, 1.165) is 56.2 Å². The molecule has 6 heteroatoms. The van der Waals surface area contributed by atoms with Gasteiger partial charge in [0, 0.05) is 18.0 Å². The number of hydrogen-bond acceptors (Lipinski definition) is 5. The monoisotopic (exact) mass is 337 g/mol. The number of likely N-dealkylation sites (tertiary alicyclic amines) is 1. The van der Waals surface area contributed by atoms with E-state index in [4.69, 9.17) is 4.74 Å². The standard InChI is InChI=1S/C17H27N3O2S/c1-3-14-13(2)23-16(18-14)19-15(21)11-20-9-6-8-17(12-20)7-4-5-10-22-17/h3-12H2,1-2H3,(H,18,19,21). The number of ether oxygens (including phenoxy) is 1. The Hall–Kier alpha value is -0.980. The lowest BCUT2D eigenvalue weighted by molar-refractivity contribution is -0.128. The molecule has 5 nitrogen and oxygen atoms in total. The number of aryl methyl sites for hydroxylation is 2. The van der Waals surface area contributed by atoms with Crippen LogP contribution in [-0.2, 0) is 16.0 Å². The van der Waals surface area contributed by atoms with Gasteiger partial charge in [-0.1, -0.05) is 6.92 Å². The molecule has 1 atom stereocenters. The lowest BCUT2D eigenvalue weighted by Crippen LogP contribution is -2.52. The highest BCUT2D eigenvalue weighted by atomic mass is 32.1. The van der Waals surface area contributed by atoms with Crippen molar-refractivity contribution in [3.8, 4) is 0 Å². The predicted molar refractivity (Wildman–Crippen MR) is 93.1 cm³/mol. The number of carbonyl (C=O) groups excluding carboxylic acids is 1. The molecule has 0 radical (unpaired) electrons. The van der Waals surface area contributed by atoms with Gasteiger partial charge in [-0.05, 0) is 52.0 Å². The third-order valence-corrected chi connectivity index (χ3v) is 5.82. The number of nitrogens with one attached hydrogen (secondary N) is 1. The van der Waals surface area contributed by atoms with E-state index in [-0.39, 0.29) is 11.5 Å². The Morgan fingerprint density at radius 2 is 2.22 bits per heavy atom. The maximum absolute atomic E-state index is 12.3. The van der Waals surface area contributed by atoms with Gasteiger partial charge >= 0.3 is 0 Å². The van der Waals surface area contributed by atoms with Gasteiger partial charge in [-0.25, -0.2) is 4.98 Å². The van der Waals surface area contributed by atoms with Crippen molar-refractivity contribution in [2.45, 2.75) is 58.0 Å². The molecule has 2 aliphatic rings. The molecular formula is C17H27N3O2S. The Morgan fingerprint density at radius 1 is 1.39 bits per heavy atom. The smallest absolute Gasteiger partial charge is 0.240 e. The van der Waals surface area contributed by atoms with Crippen LogP contribution in [0.25, 0.3) is 0 Å². The van der Waals surface area contributed by atoms with Crippen molar-refractivity contribution in [3.63, 3.8) is 0 Å². The highest BCUT2D eigenvalue weighted by Crippen LogP contribution is 2.33. The molecule has 23 heavy (non-hydrogen) atoms. The summed E-state index contributed by atoms with van der Waals surface area (Å²) >= 11 is 1.56. The van der Waals surface area contributed by atoms with E-state index >= 15 is 0 Å². The Morgan fingerprint density at radius 3 is 2.91 bits per heavy atom. The van der Waals surface area contributed by atoms with Gasteiger partial charge in [0.2, 0.25) is 5.91 Å². The fraction of sp³-hybridized carbons (Fsp3) is 0.765. The van der Waals surface area contributed by atoms with Crippen molar-refractivity contribution in [2.75, 3.05) is 31.6 Å². The van der Waals surface area contributed by atoms with E-state index in [1.165, 1.54) is 17.7 Å². The molecule has 3 rings (SSSR count). The highest BCUT2D eigenvalue weighted by molar-refractivity contribution is 7.15. The van der Waals surface area contributed by atoms with Crippen molar-refractivity contribution in [1.29, 1.82) is 0 Å². The van der Waals surface area contributed by atoms with Crippen molar-refractivity contribution >= 4 is 22.4 Å². The molecule has 1 amide bonds. The summed E-state index contributed by atoms with van der Waals surface area (Å²) in [6.45, 7) is 7.32. The summed E-state index contributed by atoms with van der Waals surface area (Å²) in [6, 6.07) is 0. The van der Waals surface area contributed by atoms with E-state index in [9.17, 15) is 4.79 Å². The number of thiazole rings is 1. The largest absolute Gasteiger partial charge is 0.374 e. The average molecular weight is 337 g/mol. The molecule has 128 valence electrons. The number of carbonyl (C=O) groups is 1. The third kappa shape index (κ3) is 4.11. The van der Waals surface area contributed by atoms with E-state index in [0.29, 0.717) is 6.54 Å². The van der Waals surface area contributed by atoms with Crippen LogP contribution in [0.4, 0.5) is 5.13 Å². The Labute approximate surface area is 142 Å². The van der Waals surface area contributed by atoms with Crippen molar-refractivity contribution < 1.29 is 9.53 Å². The van der Waals surface area contributed by atoms with Crippen LogP contribution in [0.15, 0.2) is 0 Å². The van der Waals surface area contributed by atoms with Crippen LogP contribution in [0.3, 0.4) is 0 Å². The molecule has 0 aromatic carbocycles. The molecule has 2 aliphatic heterocycles. The number of amides is 1. The summed E-state index contributed by atoms with van der Waals surface area (Å²) in [6.07, 6.45) is 6.71.